The molecule has 0 N–H and O–H groups in total. The minimum Gasteiger partial charge on any atom is -0.497 e. The average molecular weight is 485 g/mol. The van der Waals surface area contributed by atoms with Crippen LogP contribution in [-0.2, 0) is 0 Å². The third-order valence-corrected chi connectivity index (χ3v) is 5.09. The number of benzene rings is 2. The lowest BCUT2D eigenvalue weighted by atomic mass is 10.1. The van der Waals surface area contributed by atoms with Gasteiger partial charge in [0.15, 0.2) is 5.65 Å². The molecule has 0 spiro atoms. The average Bonchev–Trinajstić information content (AvgIpc) is 3.51. The number of fused-ring (bicyclic) bond motifs is 1. The van der Waals surface area contributed by atoms with Crippen LogP contribution >= 0.6 is 0 Å². The van der Waals surface area contributed by atoms with E-state index in [-0.39, 0.29) is 34.4 Å². The summed E-state index contributed by atoms with van der Waals surface area (Å²) in [5.41, 5.74) is 1.33. The number of hydrogen-bond acceptors (Lipinski definition) is 7. The summed E-state index contributed by atoms with van der Waals surface area (Å²) in [4.78, 5) is 4.51. The molecule has 0 saturated heterocycles. The van der Waals surface area contributed by atoms with E-state index in [4.69, 9.17) is 9.15 Å². The molecule has 0 fully saturated rings. The minimum atomic E-state index is -2.94. The molecule has 0 saturated carbocycles. The first kappa shape index (κ1) is 22.3. The van der Waals surface area contributed by atoms with Crippen LogP contribution in [0, 0.1) is 0 Å². The molecule has 3 heterocycles. The molecule has 0 amide bonds. The molecular formula is C23H15F4N5O3. The van der Waals surface area contributed by atoms with E-state index in [9.17, 15) is 17.6 Å². The summed E-state index contributed by atoms with van der Waals surface area (Å²) in [6, 6.07) is 13.7. The maximum atomic E-state index is 13.8. The lowest BCUT2D eigenvalue weighted by molar-refractivity contribution is -0.0498. The summed E-state index contributed by atoms with van der Waals surface area (Å²) >= 11 is 0. The first-order valence-electron chi connectivity index (χ1n) is 10.1. The van der Waals surface area contributed by atoms with Gasteiger partial charge in [-0.05, 0) is 54.6 Å². The summed E-state index contributed by atoms with van der Waals surface area (Å²) in [5, 5.41) is 12.0. The fourth-order valence-corrected chi connectivity index (χ4v) is 3.43. The van der Waals surface area contributed by atoms with Crippen LogP contribution in [-0.4, -0.2) is 38.5 Å². The van der Waals surface area contributed by atoms with Gasteiger partial charge in [-0.25, -0.2) is 18.3 Å². The van der Waals surface area contributed by atoms with Gasteiger partial charge in [-0.1, -0.05) is 0 Å². The minimum absolute atomic E-state index is 0.00232. The number of methoxy groups -OCH3 is 1. The van der Waals surface area contributed by atoms with Gasteiger partial charge in [0.05, 0.1) is 19.0 Å². The number of halogens is 4. The Morgan fingerprint density at radius 3 is 2.17 bits per heavy atom. The summed E-state index contributed by atoms with van der Waals surface area (Å²) in [5.74, 6) is 0.674. The molecule has 178 valence electrons. The van der Waals surface area contributed by atoms with Crippen LogP contribution in [0.1, 0.15) is 12.1 Å². The Morgan fingerprint density at radius 1 is 0.857 bits per heavy atom. The molecule has 5 rings (SSSR count). The second kappa shape index (κ2) is 9.05. The van der Waals surface area contributed by atoms with E-state index < -0.39 is 13.0 Å². The Balaban J connectivity index is 1.54. The summed E-state index contributed by atoms with van der Waals surface area (Å²) < 4.78 is 68.6. The molecule has 3 aromatic heterocycles. The van der Waals surface area contributed by atoms with Crippen molar-refractivity contribution in [3.05, 3.63) is 66.5 Å². The van der Waals surface area contributed by atoms with Crippen molar-refractivity contribution in [3.8, 4) is 45.7 Å². The fourth-order valence-electron chi connectivity index (χ4n) is 3.43. The molecule has 8 nitrogen and oxygen atoms in total. The van der Waals surface area contributed by atoms with Gasteiger partial charge in [0.1, 0.15) is 22.8 Å². The van der Waals surface area contributed by atoms with Gasteiger partial charge in [-0.3, -0.25) is 0 Å². The molecule has 2 aromatic carbocycles. The summed E-state index contributed by atoms with van der Waals surface area (Å²) in [6.07, 6.45) is -1.51. The topological polar surface area (TPSA) is 87.6 Å². The highest BCUT2D eigenvalue weighted by molar-refractivity contribution is 5.75. The van der Waals surface area contributed by atoms with Crippen LogP contribution < -0.4 is 9.47 Å². The maximum Gasteiger partial charge on any atom is 0.387 e. The maximum absolute atomic E-state index is 13.8. The van der Waals surface area contributed by atoms with Crippen molar-refractivity contribution in [2.24, 2.45) is 0 Å². The molecule has 0 aliphatic heterocycles. The van der Waals surface area contributed by atoms with Crippen LogP contribution in [0.15, 0.2) is 65.2 Å². The third kappa shape index (κ3) is 4.37. The van der Waals surface area contributed by atoms with E-state index in [0.29, 0.717) is 22.6 Å². The van der Waals surface area contributed by atoms with Crippen LogP contribution in [0.4, 0.5) is 17.6 Å². The number of rotatable bonds is 7. The number of nitrogens with zero attached hydrogens (tertiary/aromatic N) is 5. The monoisotopic (exact) mass is 485 g/mol. The largest absolute Gasteiger partial charge is 0.497 e. The van der Waals surface area contributed by atoms with Crippen molar-refractivity contribution >= 4 is 5.65 Å². The van der Waals surface area contributed by atoms with Gasteiger partial charge < -0.3 is 13.9 Å². The highest BCUT2D eigenvalue weighted by Gasteiger charge is 2.22. The highest BCUT2D eigenvalue weighted by atomic mass is 19.3. The number of ether oxygens (including phenoxy) is 2. The number of hydrogen-bond donors (Lipinski definition) is 0. The zero-order chi connectivity index (χ0) is 24.5. The van der Waals surface area contributed by atoms with Crippen LogP contribution in [0.5, 0.6) is 11.5 Å². The van der Waals surface area contributed by atoms with E-state index in [2.05, 4.69) is 25.0 Å². The normalized spacial score (nSPS) is 11.5. The van der Waals surface area contributed by atoms with Gasteiger partial charge >= 0.3 is 6.61 Å². The molecule has 0 aliphatic rings. The number of aromatic nitrogens is 5. The Morgan fingerprint density at radius 2 is 1.51 bits per heavy atom. The van der Waals surface area contributed by atoms with E-state index in [0.717, 1.165) is 4.52 Å². The van der Waals surface area contributed by atoms with Gasteiger partial charge in [-0.15, -0.1) is 10.2 Å². The van der Waals surface area contributed by atoms with Crippen molar-refractivity contribution in [2.75, 3.05) is 7.11 Å². The van der Waals surface area contributed by atoms with E-state index in [1.807, 2.05) is 0 Å². The third-order valence-electron chi connectivity index (χ3n) is 5.09. The lowest BCUT2D eigenvalue weighted by Gasteiger charge is -2.08. The van der Waals surface area contributed by atoms with Crippen LogP contribution in [0.3, 0.4) is 0 Å². The zero-order valence-electron chi connectivity index (χ0n) is 17.9. The fraction of sp³-hybridized carbons (Fsp3) is 0.130. The quantitative estimate of drug-likeness (QED) is 0.275. The molecule has 5 aromatic rings. The van der Waals surface area contributed by atoms with E-state index >= 15 is 0 Å². The summed E-state index contributed by atoms with van der Waals surface area (Å²) in [7, 11) is 1.52. The molecule has 0 unspecified atom stereocenters. The van der Waals surface area contributed by atoms with Crippen molar-refractivity contribution in [1.29, 1.82) is 0 Å². The first-order valence-corrected chi connectivity index (χ1v) is 10.1. The lowest BCUT2D eigenvalue weighted by Crippen LogP contribution is -2.02. The molecule has 0 atom stereocenters. The SMILES string of the molecule is COc1ccc(-c2cc(C(F)F)n3ncc(-c4nnc(-c5ccc(OC(F)F)cc5)o4)c3n2)cc1. The molecule has 12 heteroatoms. The van der Waals surface area contributed by atoms with Crippen molar-refractivity contribution in [2.45, 2.75) is 13.0 Å². The van der Waals surface area contributed by atoms with Gasteiger partial charge in [0.2, 0.25) is 5.89 Å². The van der Waals surface area contributed by atoms with Gasteiger partial charge in [0, 0.05) is 11.1 Å². The Labute approximate surface area is 194 Å². The van der Waals surface area contributed by atoms with Gasteiger partial charge in [0.25, 0.3) is 12.3 Å². The molecule has 0 aliphatic carbocycles. The Hall–Kier alpha value is -4.48. The van der Waals surface area contributed by atoms with Crippen LogP contribution in [0.25, 0.3) is 39.8 Å². The highest BCUT2D eigenvalue weighted by Crippen LogP contribution is 2.32. The zero-order valence-corrected chi connectivity index (χ0v) is 17.9. The standard InChI is InChI=1S/C23H15F4N5O3/c1-33-14-6-2-12(3-7-14)17-10-18(19(24)25)32-20(29-17)16(11-28-32)22-31-30-21(35-22)13-4-8-15(9-5-13)34-23(26)27/h2-11,19,23H,1H3. The second-order valence-electron chi connectivity index (χ2n) is 7.20. The van der Waals surface area contributed by atoms with Gasteiger partial charge in [-0.2, -0.15) is 13.9 Å². The second-order valence-corrected chi connectivity index (χ2v) is 7.20. The van der Waals surface area contributed by atoms with Crippen molar-refractivity contribution < 1.29 is 31.5 Å². The predicted octanol–water partition coefficient (Wildman–Crippen LogP) is 5.66. The van der Waals surface area contributed by atoms with Crippen LogP contribution in [0.2, 0.25) is 0 Å². The molecular weight excluding hydrogens is 470 g/mol. The van der Waals surface area contributed by atoms with Crippen molar-refractivity contribution in [3.63, 3.8) is 0 Å². The Kier molecular flexibility index (Phi) is 5.77. The number of alkyl halides is 4. The van der Waals surface area contributed by atoms with E-state index in [1.54, 1.807) is 24.3 Å². The summed E-state index contributed by atoms with van der Waals surface area (Å²) in [6.45, 7) is -2.94. The van der Waals surface area contributed by atoms with Crippen molar-refractivity contribution in [1.82, 2.24) is 24.8 Å². The molecule has 0 bridgehead atoms. The molecule has 35 heavy (non-hydrogen) atoms. The predicted molar refractivity (Wildman–Crippen MR) is 115 cm³/mol. The molecule has 0 radical (unpaired) electrons. The van der Waals surface area contributed by atoms with E-state index in [1.165, 1.54) is 43.6 Å². The smallest absolute Gasteiger partial charge is 0.387 e. The first-order chi connectivity index (χ1) is 16.9. The Bertz CT molecular complexity index is 1470.